The molecule has 0 spiro atoms. The molecule has 2 rings (SSSR count). The van der Waals surface area contributed by atoms with Crippen LogP contribution in [0.3, 0.4) is 0 Å². The molecule has 5 heteroatoms. The zero-order chi connectivity index (χ0) is 17.4. The fourth-order valence-electron chi connectivity index (χ4n) is 2.66. The largest absolute Gasteiger partial charge is 0.494 e. The minimum atomic E-state index is -0.326. The van der Waals surface area contributed by atoms with Gasteiger partial charge in [0.25, 0.3) is 0 Å². The number of rotatable bonds is 5. The molecule has 0 unspecified atom stereocenters. The summed E-state index contributed by atoms with van der Waals surface area (Å²) in [5.41, 5.74) is 2.65. The van der Waals surface area contributed by atoms with Crippen LogP contribution in [-0.2, 0) is 9.31 Å². The van der Waals surface area contributed by atoms with Crippen molar-refractivity contribution >= 4 is 12.6 Å². The third kappa shape index (κ3) is 3.90. The average molecular weight is 319 g/mol. The lowest BCUT2D eigenvalue weighted by molar-refractivity contribution is 0.00578. The highest BCUT2D eigenvalue weighted by atomic mass is 16.7. The summed E-state index contributed by atoms with van der Waals surface area (Å²) >= 11 is 0. The Morgan fingerprint density at radius 3 is 1.91 bits per heavy atom. The first-order valence-electron chi connectivity index (χ1n) is 8.28. The number of aryl methyl sites for hydroxylation is 2. The van der Waals surface area contributed by atoms with Crippen molar-refractivity contribution < 1.29 is 14.0 Å². The normalized spacial score (nSPS) is 19.4. The van der Waals surface area contributed by atoms with E-state index in [1.165, 1.54) is 0 Å². The summed E-state index contributed by atoms with van der Waals surface area (Å²) in [4.78, 5) is 2.11. The Morgan fingerprint density at radius 1 is 1.00 bits per heavy atom. The molecule has 0 atom stereocenters. The van der Waals surface area contributed by atoms with E-state index in [-0.39, 0.29) is 18.3 Å². The molecule has 1 aliphatic heterocycles. The van der Waals surface area contributed by atoms with Gasteiger partial charge in [-0.1, -0.05) is 12.1 Å². The van der Waals surface area contributed by atoms with Gasteiger partial charge in [0.15, 0.2) is 0 Å². The fraction of sp³-hybridized carbons (Fsp3) is 0.667. The average Bonchev–Trinajstić information content (AvgIpc) is 2.61. The van der Waals surface area contributed by atoms with Crippen LogP contribution in [0.4, 0.5) is 0 Å². The van der Waals surface area contributed by atoms with Gasteiger partial charge in [0.2, 0.25) is 0 Å². The molecule has 0 bridgehead atoms. The number of benzene rings is 1. The third-order valence-corrected chi connectivity index (χ3v) is 4.79. The summed E-state index contributed by atoms with van der Waals surface area (Å²) in [6.07, 6.45) is 0. The number of hydrogen-bond acceptors (Lipinski definition) is 4. The van der Waals surface area contributed by atoms with Crippen molar-refractivity contribution in [3.8, 4) is 5.75 Å². The van der Waals surface area contributed by atoms with Crippen molar-refractivity contribution in [2.75, 3.05) is 27.2 Å². The molecule has 1 aromatic rings. The summed E-state index contributed by atoms with van der Waals surface area (Å²) in [5.74, 6) is 0.965. The topological polar surface area (TPSA) is 30.9 Å². The maximum atomic E-state index is 6.14. The van der Waals surface area contributed by atoms with Crippen LogP contribution in [0.5, 0.6) is 5.75 Å². The minimum absolute atomic E-state index is 0.319. The number of likely N-dealkylation sites (N-methyl/N-ethyl adjacent to an activating group) is 1. The van der Waals surface area contributed by atoms with Gasteiger partial charge in [-0.2, -0.15) is 0 Å². The van der Waals surface area contributed by atoms with E-state index in [1.807, 2.05) is 14.1 Å². The van der Waals surface area contributed by atoms with E-state index in [1.54, 1.807) is 0 Å². The number of ether oxygens (including phenoxy) is 1. The van der Waals surface area contributed by atoms with E-state index in [0.29, 0.717) is 6.61 Å². The second-order valence-corrected chi connectivity index (χ2v) is 7.72. The van der Waals surface area contributed by atoms with Crippen LogP contribution in [0, 0.1) is 13.8 Å². The SMILES string of the molecule is Cc1cc(B2OC(C)(C)C(C)(C)O2)cc(C)c1OCCN(C)C. The van der Waals surface area contributed by atoms with Gasteiger partial charge >= 0.3 is 7.12 Å². The number of hydrogen-bond donors (Lipinski definition) is 0. The predicted octanol–water partition coefficient (Wildman–Crippen LogP) is 2.54. The molecule has 0 N–H and O–H groups in total. The van der Waals surface area contributed by atoms with Crippen molar-refractivity contribution in [2.45, 2.75) is 52.7 Å². The summed E-state index contributed by atoms with van der Waals surface area (Å²) in [6, 6.07) is 4.22. The second-order valence-electron chi connectivity index (χ2n) is 7.72. The molecule has 4 nitrogen and oxygen atoms in total. The molecule has 0 radical (unpaired) electrons. The first-order valence-corrected chi connectivity index (χ1v) is 8.28. The summed E-state index contributed by atoms with van der Waals surface area (Å²) < 4.78 is 18.2. The van der Waals surface area contributed by atoms with Crippen molar-refractivity contribution in [2.24, 2.45) is 0 Å². The summed E-state index contributed by atoms with van der Waals surface area (Å²) in [6.45, 7) is 14.0. The van der Waals surface area contributed by atoms with Gasteiger partial charge in [0.05, 0.1) is 11.2 Å². The molecule has 1 fully saturated rings. The lowest BCUT2D eigenvalue weighted by Gasteiger charge is -2.32. The Kier molecular flexibility index (Phi) is 5.14. The van der Waals surface area contributed by atoms with Crippen molar-refractivity contribution in [1.29, 1.82) is 0 Å². The van der Waals surface area contributed by atoms with Crippen LogP contribution in [0.25, 0.3) is 0 Å². The van der Waals surface area contributed by atoms with E-state index in [2.05, 4.69) is 58.6 Å². The highest BCUT2D eigenvalue weighted by molar-refractivity contribution is 6.62. The van der Waals surface area contributed by atoms with Gasteiger partial charge in [0, 0.05) is 6.54 Å². The standard InChI is InChI=1S/C18H30BNO3/c1-13-11-15(19-22-17(3,4)18(5,6)23-19)12-14(2)16(13)21-10-9-20(7)8/h11-12H,9-10H2,1-8H3. The van der Waals surface area contributed by atoms with E-state index in [9.17, 15) is 0 Å². The Bertz CT molecular complexity index is 530. The molecule has 1 aromatic carbocycles. The lowest BCUT2D eigenvalue weighted by Crippen LogP contribution is -2.41. The van der Waals surface area contributed by atoms with Gasteiger partial charge in [-0.05, 0) is 72.2 Å². The summed E-state index contributed by atoms with van der Waals surface area (Å²) in [5, 5.41) is 0. The zero-order valence-electron chi connectivity index (χ0n) is 15.8. The minimum Gasteiger partial charge on any atom is -0.492 e. The monoisotopic (exact) mass is 319 g/mol. The smallest absolute Gasteiger partial charge is 0.492 e. The molecule has 0 amide bonds. The molecule has 23 heavy (non-hydrogen) atoms. The predicted molar refractivity (Wildman–Crippen MR) is 95.7 cm³/mol. The van der Waals surface area contributed by atoms with E-state index < -0.39 is 0 Å². The second kappa shape index (κ2) is 6.46. The van der Waals surface area contributed by atoms with E-state index in [0.717, 1.165) is 28.9 Å². The Balaban J connectivity index is 2.17. The van der Waals surface area contributed by atoms with Crippen LogP contribution in [-0.4, -0.2) is 50.5 Å². The Labute approximate surface area is 141 Å². The molecule has 1 aliphatic rings. The molecule has 0 aliphatic carbocycles. The van der Waals surface area contributed by atoms with Crippen molar-refractivity contribution in [1.82, 2.24) is 4.90 Å². The van der Waals surface area contributed by atoms with Crippen LogP contribution < -0.4 is 10.2 Å². The third-order valence-electron chi connectivity index (χ3n) is 4.79. The van der Waals surface area contributed by atoms with E-state index in [4.69, 9.17) is 14.0 Å². The first-order chi connectivity index (χ1) is 10.5. The molecule has 0 saturated carbocycles. The van der Waals surface area contributed by atoms with Crippen molar-refractivity contribution in [3.63, 3.8) is 0 Å². The number of nitrogens with zero attached hydrogens (tertiary/aromatic N) is 1. The Hall–Kier alpha value is -1.04. The maximum absolute atomic E-state index is 6.14. The lowest BCUT2D eigenvalue weighted by atomic mass is 9.77. The van der Waals surface area contributed by atoms with Gasteiger partial charge in [-0.15, -0.1) is 0 Å². The van der Waals surface area contributed by atoms with Gasteiger partial charge in [0.1, 0.15) is 12.4 Å². The molecular weight excluding hydrogens is 289 g/mol. The van der Waals surface area contributed by atoms with Gasteiger partial charge in [-0.3, -0.25) is 0 Å². The van der Waals surface area contributed by atoms with Gasteiger partial charge in [-0.25, -0.2) is 0 Å². The van der Waals surface area contributed by atoms with Crippen LogP contribution in [0.1, 0.15) is 38.8 Å². The highest BCUT2D eigenvalue weighted by Gasteiger charge is 2.51. The Morgan fingerprint density at radius 2 is 1.48 bits per heavy atom. The van der Waals surface area contributed by atoms with Crippen LogP contribution in [0.2, 0.25) is 0 Å². The molecule has 0 aromatic heterocycles. The molecule has 1 heterocycles. The molecule has 1 saturated heterocycles. The van der Waals surface area contributed by atoms with Crippen LogP contribution >= 0.6 is 0 Å². The highest BCUT2D eigenvalue weighted by Crippen LogP contribution is 2.37. The van der Waals surface area contributed by atoms with Crippen LogP contribution in [0.15, 0.2) is 12.1 Å². The van der Waals surface area contributed by atoms with Gasteiger partial charge < -0.3 is 18.9 Å². The fourth-order valence-corrected chi connectivity index (χ4v) is 2.66. The quantitative estimate of drug-likeness (QED) is 0.781. The maximum Gasteiger partial charge on any atom is 0.494 e. The molecule has 128 valence electrons. The molecular formula is C18H30BNO3. The summed E-state index contributed by atoms with van der Waals surface area (Å²) in [7, 11) is 3.77. The van der Waals surface area contributed by atoms with E-state index >= 15 is 0 Å². The zero-order valence-corrected chi connectivity index (χ0v) is 15.8. The first kappa shape index (κ1) is 18.3. The van der Waals surface area contributed by atoms with Crippen molar-refractivity contribution in [3.05, 3.63) is 23.3 Å².